The Balaban J connectivity index is 1.90. The van der Waals surface area contributed by atoms with E-state index in [2.05, 4.69) is 11.9 Å². The maximum absolute atomic E-state index is 12.3. The molecule has 2 rings (SSSR count). The number of likely N-dealkylation sites (tertiary alicyclic amines) is 1. The summed E-state index contributed by atoms with van der Waals surface area (Å²) in [5, 5.41) is 2.84. The molecule has 1 aliphatic rings. The van der Waals surface area contributed by atoms with Crippen molar-refractivity contribution in [2.24, 2.45) is 0 Å². The third-order valence-corrected chi connectivity index (χ3v) is 3.90. The number of nitrogens with zero attached hydrogens (tertiary/aromatic N) is 1. The van der Waals surface area contributed by atoms with E-state index in [0.717, 1.165) is 11.1 Å². The van der Waals surface area contributed by atoms with Crippen molar-refractivity contribution in [1.82, 2.24) is 10.2 Å². The zero-order chi connectivity index (χ0) is 19.2. The lowest BCUT2D eigenvalue weighted by Crippen LogP contribution is -2.46. The van der Waals surface area contributed by atoms with E-state index in [1.807, 2.05) is 51.1 Å². The molecule has 1 atom stereocenters. The van der Waals surface area contributed by atoms with Crippen LogP contribution in [0.3, 0.4) is 0 Å². The Hall–Kier alpha value is -2.50. The SMILES string of the molecule is C=C1CCN(C(=O)OC(C)(C)C)CC(NC(=O)OCc2ccccc2)C1. The second-order valence-corrected chi connectivity index (χ2v) is 7.53. The fourth-order valence-electron chi connectivity index (χ4n) is 2.69. The van der Waals surface area contributed by atoms with Crippen LogP contribution in [-0.4, -0.2) is 41.8 Å². The fraction of sp³-hybridized carbons (Fsp3) is 0.500. The smallest absolute Gasteiger partial charge is 0.410 e. The number of ether oxygens (including phenoxy) is 2. The lowest BCUT2D eigenvalue weighted by molar-refractivity contribution is 0.0242. The first-order valence-corrected chi connectivity index (χ1v) is 8.85. The molecule has 0 radical (unpaired) electrons. The summed E-state index contributed by atoms with van der Waals surface area (Å²) in [6.45, 7) is 10.6. The van der Waals surface area contributed by atoms with Crippen LogP contribution in [0.5, 0.6) is 0 Å². The van der Waals surface area contributed by atoms with E-state index in [9.17, 15) is 9.59 Å². The number of carbonyl (C=O) groups is 2. The molecule has 1 aromatic carbocycles. The van der Waals surface area contributed by atoms with Gasteiger partial charge in [-0.25, -0.2) is 9.59 Å². The van der Waals surface area contributed by atoms with E-state index < -0.39 is 11.7 Å². The van der Waals surface area contributed by atoms with Crippen LogP contribution >= 0.6 is 0 Å². The minimum Gasteiger partial charge on any atom is -0.445 e. The van der Waals surface area contributed by atoms with Crippen LogP contribution in [-0.2, 0) is 16.1 Å². The standard InChI is InChI=1S/C20H28N2O4/c1-15-10-11-22(19(24)26-20(2,3)4)13-17(12-15)21-18(23)25-14-16-8-6-5-7-9-16/h5-9,17H,1,10-14H2,2-4H3,(H,21,23). The van der Waals surface area contributed by atoms with Gasteiger partial charge in [-0.3, -0.25) is 0 Å². The summed E-state index contributed by atoms with van der Waals surface area (Å²) in [5.41, 5.74) is 1.35. The maximum atomic E-state index is 12.3. The molecule has 26 heavy (non-hydrogen) atoms. The van der Waals surface area contributed by atoms with Gasteiger partial charge in [0.15, 0.2) is 0 Å². The zero-order valence-corrected chi connectivity index (χ0v) is 15.8. The van der Waals surface area contributed by atoms with Gasteiger partial charge < -0.3 is 19.7 Å². The van der Waals surface area contributed by atoms with E-state index in [1.54, 1.807) is 4.90 Å². The van der Waals surface area contributed by atoms with E-state index in [1.165, 1.54) is 0 Å². The van der Waals surface area contributed by atoms with Gasteiger partial charge in [0.05, 0.1) is 6.04 Å². The minimum atomic E-state index is -0.558. The van der Waals surface area contributed by atoms with Crippen LogP contribution in [0.4, 0.5) is 9.59 Å². The van der Waals surface area contributed by atoms with Gasteiger partial charge in [-0.15, -0.1) is 0 Å². The van der Waals surface area contributed by atoms with Crippen molar-refractivity contribution in [3.05, 3.63) is 48.0 Å². The average Bonchev–Trinajstić information content (AvgIpc) is 2.74. The summed E-state index contributed by atoms with van der Waals surface area (Å²) < 4.78 is 10.7. The van der Waals surface area contributed by atoms with Crippen molar-refractivity contribution in [2.75, 3.05) is 13.1 Å². The van der Waals surface area contributed by atoms with E-state index in [-0.39, 0.29) is 18.7 Å². The van der Waals surface area contributed by atoms with Crippen molar-refractivity contribution in [3.63, 3.8) is 0 Å². The number of nitrogens with one attached hydrogen (secondary N) is 1. The van der Waals surface area contributed by atoms with Crippen LogP contribution in [0, 0.1) is 0 Å². The predicted octanol–water partition coefficient (Wildman–Crippen LogP) is 3.87. The Labute approximate surface area is 155 Å². The minimum absolute atomic E-state index is 0.204. The third kappa shape index (κ3) is 6.78. The highest BCUT2D eigenvalue weighted by molar-refractivity contribution is 5.69. The summed E-state index contributed by atoms with van der Waals surface area (Å²) in [6, 6.07) is 9.23. The molecule has 1 heterocycles. The van der Waals surface area contributed by atoms with E-state index in [4.69, 9.17) is 9.47 Å². The molecule has 1 fully saturated rings. The normalized spacial score (nSPS) is 18.0. The fourth-order valence-corrected chi connectivity index (χ4v) is 2.69. The highest BCUT2D eigenvalue weighted by Gasteiger charge is 2.28. The molecular weight excluding hydrogens is 332 g/mol. The molecule has 0 bridgehead atoms. The quantitative estimate of drug-likeness (QED) is 0.831. The number of rotatable bonds is 3. The molecule has 142 valence electrons. The first-order valence-electron chi connectivity index (χ1n) is 8.85. The summed E-state index contributed by atoms with van der Waals surface area (Å²) in [7, 11) is 0. The van der Waals surface area contributed by atoms with Crippen LogP contribution in [0.2, 0.25) is 0 Å². The molecule has 1 aromatic rings. The monoisotopic (exact) mass is 360 g/mol. The average molecular weight is 360 g/mol. The summed E-state index contributed by atoms with van der Waals surface area (Å²) >= 11 is 0. The number of hydrogen-bond acceptors (Lipinski definition) is 4. The number of carbonyl (C=O) groups excluding carboxylic acids is 2. The van der Waals surface area contributed by atoms with Gasteiger partial charge in [-0.05, 0) is 39.2 Å². The molecule has 2 amide bonds. The van der Waals surface area contributed by atoms with Crippen LogP contribution in [0.1, 0.15) is 39.2 Å². The van der Waals surface area contributed by atoms with Crippen molar-refractivity contribution in [1.29, 1.82) is 0 Å². The van der Waals surface area contributed by atoms with E-state index >= 15 is 0 Å². The van der Waals surface area contributed by atoms with Crippen LogP contribution in [0.15, 0.2) is 42.5 Å². The van der Waals surface area contributed by atoms with Gasteiger partial charge in [0.1, 0.15) is 12.2 Å². The molecule has 1 saturated heterocycles. The Kier molecular flexibility index (Phi) is 6.66. The molecule has 0 saturated carbocycles. The van der Waals surface area contributed by atoms with Crippen LogP contribution in [0.25, 0.3) is 0 Å². The van der Waals surface area contributed by atoms with Crippen molar-refractivity contribution >= 4 is 12.2 Å². The van der Waals surface area contributed by atoms with Gasteiger partial charge in [-0.1, -0.05) is 42.5 Å². The largest absolute Gasteiger partial charge is 0.445 e. The molecule has 0 spiro atoms. The molecule has 6 heteroatoms. The summed E-state index contributed by atoms with van der Waals surface area (Å²) in [4.78, 5) is 26.1. The number of benzene rings is 1. The van der Waals surface area contributed by atoms with Gasteiger partial charge in [0, 0.05) is 13.1 Å². The van der Waals surface area contributed by atoms with E-state index in [0.29, 0.717) is 25.9 Å². The second-order valence-electron chi connectivity index (χ2n) is 7.53. The lowest BCUT2D eigenvalue weighted by Gasteiger charge is -2.28. The first kappa shape index (κ1) is 19.8. The highest BCUT2D eigenvalue weighted by atomic mass is 16.6. The lowest BCUT2D eigenvalue weighted by atomic mass is 10.1. The van der Waals surface area contributed by atoms with Crippen molar-refractivity contribution in [2.45, 2.75) is 51.9 Å². The van der Waals surface area contributed by atoms with Gasteiger partial charge >= 0.3 is 12.2 Å². The number of amides is 2. The number of alkyl carbamates (subject to hydrolysis) is 1. The Morgan fingerprint density at radius 2 is 1.96 bits per heavy atom. The van der Waals surface area contributed by atoms with Crippen LogP contribution < -0.4 is 5.32 Å². The maximum Gasteiger partial charge on any atom is 0.410 e. The summed E-state index contributed by atoms with van der Waals surface area (Å²) in [6.07, 6.45) is 0.422. The first-order chi connectivity index (χ1) is 12.2. The second kappa shape index (κ2) is 8.74. The van der Waals surface area contributed by atoms with Gasteiger partial charge in [0.2, 0.25) is 0 Å². The predicted molar refractivity (Wildman–Crippen MR) is 99.7 cm³/mol. The van der Waals surface area contributed by atoms with Crippen molar-refractivity contribution < 1.29 is 19.1 Å². The Morgan fingerprint density at radius 1 is 1.27 bits per heavy atom. The Bertz CT molecular complexity index is 637. The molecule has 0 aliphatic carbocycles. The Morgan fingerprint density at radius 3 is 2.62 bits per heavy atom. The molecular formula is C20H28N2O4. The molecule has 1 unspecified atom stereocenters. The van der Waals surface area contributed by atoms with Gasteiger partial charge in [-0.2, -0.15) is 0 Å². The summed E-state index contributed by atoms with van der Waals surface area (Å²) in [5.74, 6) is 0. The number of hydrogen-bond donors (Lipinski definition) is 1. The van der Waals surface area contributed by atoms with Gasteiger partial charge in [0.25, 0.3) is 0 Å². The zero-order valence-electron chi connectivity index (χ0n) is 15.8. The molecule has 0 aromatic heterocycles. The third-order valence-electron chi connectivity index (χ3n) is 3.90. The van der Waals surface area contributed by atoms with Crippen molar-refractivity contribution in [3.8, 4) is 0 Å². The topological polar surface area (TPSA) is 67.9 Å². The molecule has 6 nitrogen and oxygen atoms in total. The molecule has 1 N–H and O–H groups in total. The molecule has 1 aliphatic heterocycles. The highest BCUT2D eigenvalue weighted by Crippen LogP contribution is 2.18.